The number of esters is 1. The zero-order valence-corrected chi connectivity index (χ0v) is 26.3. The van der Waals surface area contributed by atoms with E-state index in [2.05, 4.69) is 17.0 Å². The fraction of sp³-hybridized carbons (Fsp3) is 0.424. The van der Waals surface area contributed by atoms with Crippen LogP contribution in [0.15, 0.2) is 83.8 Å². The van der Waals surface area contributed by atoms with Crippen molar-refractivity contribution < 1.29 is 32.3 Å². The van der Waals surface area contributed by atoms with Crippen LogP contribution in [0.5, 0.6) is 5.75 Å². The Kier molecular flexibility index (Phi) is 10.5. The zero-order chi connectivity index (χ0) is 32.0. The Labute approximate surface area is 263 Å². The fourth-order valence-electron chi connectivity index (χ4n) is 6.12. The SMILES string of the molecule is CCOC(=O)[C@H](Cc1ccc(OCCN(C2C3CN(Cc4ccccc4)CC32)S(=O)(=O)c2ccc([N+](=O)[O-])cc2)cc1)OCC. The number of piperidine rings is 1. The minimum atomic E-state index is -3.94. The molecule has 3 atom stereocenters. The molecule has 3 aromatic rings. The van der Waals surface area contributed by atoms with E-state index < -0.39 is 27.0 Å². The molecule has 240 valence electrons. The number of benzene rings is 3. The first-order valence-electron chi connectivity index (χ1n) is 15.2. The standard InChI is InChI=1S/C33H39N3O8S/c1-3-42-31(33(37)43-4-2)20-24-10-14-27(15-11-24)44-19-18-35(45(40,41)28-16-12-26(13-17-28)36(38)39)32-29-22-34(23-30(29)32)21-25-8-6-5-7-9-25/h5-17,29-32H,3-4,18-23H2,1-2H3/t29?,30?,31-,32?/m0/s1. The maximum atomic E-state index is 13.9. The van der Waals surface area contributed by atoms with Crippen LogP contribution in [-0.4, -0.2) is 80.1 Å². The highest BCUT2D eigenvalue weighted by molar-refractivity contribution is 7.89. The molecule has 1 saturated heterocycles. The largest absolute Gasteiger partial charge is 0.492 e. The van der Waals surface area contributed by atoms with Gasteiger partial charge in [-0.2, -0.15) is 4.31 Å². The summed E-state index contributed by atoms with van der Waals surface area (Å²) in [5.74, 6) is 0.583. The predicted octanol–water partition coefficient (Wildman–Crippen LogP) is 4.31. The third kappa shape index (κ3) is 7.88. The predicted molar refractivity (Wildman–Crippen MR) is 167 cm³/mol. The van der Waals surface area contributed by atoms with E-state index >= 15 is 0 Å². The molecular formula is C33H39N3O8S. The van der Waals surface area contributed by atoms with Gasteiger partial charge >= 0.3 is 5.97 Å². The second-order valence-electron chi connectivity index (χ2n) is 11.3. The van der Waals surface area contributed by atoms with Crippen LogP contribution in [0.2, 0.25) is 0 Å². The number of hydrogen-bond acceptors (Lipinski definition) is 9. The summed E-state index contributed by atoms with van der Waals surface area (Å²) in [5.41, 5.74) is 1.93. The molecule has 0 N–H and O–H groups in total. The van der Waals surface area contributed by atoms with Crippen molar-refractivity contribution in [1.29, 1.82) is 0 Å². The number of carbonyl (C=O) groups is 1. The van der Waals surface area contributed by atoms with E-state index in [1.807, 2.05) is 37.3 Å². The highest BCUT2D eigenvalue weighted by atomic mass is 32.2. The number of nitro groups is 1. The lowest BCUT2D eigenvalue weighted by Gasteiger charge is -2.27. The molecule has 0 amide bonds. The number of likely N-dealkylation sites (tertiary alicyclic amines) is 1. The highest BCUT2D eigenvalue weighted by Crippen LogP contribution is 2.50. The average molecular weight is 638 g/mol. The number of rotatable bonds is 16. The monoisotopic (exact) mass is 637 g/mol. The van der Waals surface area contributed by atoms with Gasteiger partial charge in [0, 0.05) is 57.4 Å². The molecule has 2 aliphatic rings. The summed E-state index contributed by atoms with van der Waals surface area (Å²) in [7, 11) is -3.94. The highest BCUT2D eigenvalue weighted by Gasteiger charge is 2.60. The number of nitro benzene ring substituents is 1. The van der Waals surface area contributed by atoms with Crippen molar-refractivity contribution in [3.8, 4) is 5.75 Å². The van der Waals surface area contributed by atoms with E-state index in [1.165, 1.54) is 34.1 Å². The Balaban J connectivity index is 1.24. The minimum absolute atomic E-state index is 0.0222. The Morgan fingerprint density at radius 1 is 0.956 bits per heavy atom. The Morgan fingerprint density at radius 3 is 2.22 bits per heavy atom. The Morgan fingerprint density at radius 2 is 1.62 bits per heavy atom. The normalized spacial score (nSPS) is 20.0. The second kappa shape index (κ2) is 14.5. The molecule has 3 aromatic carbocycles. The van der Waals surface area contributed by atoms with E-state index in [0.717, 1.165) is 25.2 Å². The van der Waals surface area contributed by atoms with E-state index in [1.54, 1.807) is 19.1 Å². The van der Waals surface area contributed by atoms with Gasteiger partial charge < -0.3 is 14.2 Å². The molecule has 1 saturated carbocycles. The van der Waals surface area contributed by atoms with Gasteiger partial charge in [0.2, 0.25) is 10.0 Å². The van der Waals surface area contributed by atoms with Crippen molar-refractivity contribution >= 4 is 21.7 Å². The molecule has 2 fully saturated rings. The zero-order valence-electron chi connectivity index (χ0n) is 25.5. The van der Waals surface area contributed by atoms with Gasteiger partial charge in [0.1, 0.15) is 12.4 Å². The molecule has 0 bridgehead atoms. The summed E-state index contributed by atoms with van der Waals surface area (Å²) in [6, 6.07) is 22.3. The lowest BCUT2D eigenvalue weighted by Crippen LogP contribution is -2.41. The van der Waals surface area contributed by atoms with Gasteiger partial charge in [-0.05, 0) is 61.1 Å². The molecule has 1 heterocycles. The third-order valence-electron chi connectivity index (χ3n) is 8.30. The van der Waals surface area contributed by atoms with Crippen molar-refractivity contribution in [3.63, 3.8) is 0 Å². The number of sulfonamides is 1. The number of non-ortho nitro benzene ring substituents is 1. The molecule has 12 heteroatoms. The number of nitrogens with zero attached hydrogens (tertiary/aromatic N) is 3. The quantitative estimate of drug-likeness (QED) is 0.128. The van der Waals surface area contributed by atoms with Gasteiger partial charge in [0.15, 0.2) is 6.10 Å². The lowest BCUT2D eigenvalue weighted by atomic mass is 10.1. The van der Waals surface area contributed by atoms with Crippen molar-refractivity contribution in [2.45, 2.75) is 43.9 Å². The van der Waals surface area contributed by atoms with Crippen molar-refractivity contribution in [2.75, 3.05) is 39.5 Å². The Bertz CT molecular complexity index is 1540. The average Bonchev–Trinajstić information content (AvgIpc) is 3.51. The molecular weight excluding hydrogens is 598 g/mol. The smallest absolute Gasteiger partial charge is 0.335 e. The summed E-state index contributed by atoms with van der Waals surface area (Å²) in [6.07, 6.45) is -0.332. The van der Waals surface area contributed by atoms with Crippen molar-refractivity contribution in [3.05, 3.63) is 100 Å². The first-order valence-corrected chi connectivity index (χ1v) is 16.7. The maximum Gasteiger partial charge on any atom is 0.335 e. The van der Waals surface area contributed by atoms with Crippen molar-refractivity contribution in [1.82, 2.24) is 9.21 Å². The van der Waals surface area contributed by atoms with Crippen LogP contribution in [0.25, 0.3) is 0 Å². The molecule has 1 aliphatic carbocycles. The van der Waals surface area contributed by atoms with E-state index in [-0.39, 0.29) is 48.2 Å². The summed E-state index contributed by atoms with van der Waals surface area (Å²) in [4.78, 5) is 25.2. The van der Waals surface area contributed by atoms with Crippen LogP contribution in [-0.2, 0) is 37.3 Å². The topological polar surface area (TPSA) is 129 Å². The molecule has 1 aliphatic heterocycles. The minimum Gasteiger partial charge on any atom is -0.492 e. The van der Waals surface area contributed by atoms with E-state index in [0.29, 0.717) is 18.8 Å². The van der Waals surface area contributed by atoms with E-state index in [9.17, 15) is 23.3 Å². The molecule has 0 spiro atoms. The van der Waals surface area contributed by atoms with Crippen LogP contribution in [0.1, 0.15) is 25.0 Å². The number of carbonyl (C=O) groups excluding carboxylic acids is 1. The number of fused-ring (bicyclic) bond motifs is 1. The van der Waals surface area contributed by atoms with Gasteiger partial charge in [0.05, 0.1) is 16.4 Å². The fourth-order valence-corrected chi connectivity index (χ4v) is 7.82. The van der Waals surface area contributed by atoms with Crippen LogP contribution in [0.3, 0.4) is 0 Å². The van der Waals surface area contributed by atoms with Crippen LogP contribution in [0, 0.1) is 22.0 Å². The van der Waals surface area contributed by atoms with Crippen LogP contribution < -0.4 is 4.74 Å². The maximum absolute atomic E-state index is 13.9. The Hall–Kier alpha value is -3.84. The van der Waals surface area contributed by atoms with Crippen LogP contribution in [0.4, 0.5) is 5.69 Å². The third-order valence-corrected chi connectivity index (χ3v) is 10.2. The summed E-state index contributed by atoms with van der Waals surface area (Å²) in [6.45, 7) is 6.91. The van der Waals surface area contributed by atoms with Gasteiger partial charge in [-0.1, -0.05) is 42.5 Å². The first kappa shape index (κ1) is 32.6. The summed E-state index contributed by atoms with van der Waals surface area (Å²) < 4.78 is 45.9. The van der Waals surface area contributed by atoms with Gasteiger partial charge in [0.25, 0.3) is 5.69 Å². The lowest BCUT2D eigenvalue weighted by molar-refractivity contribution is -0.384. The van der Waals surface area contributed by atoms with Gasteiger partial charge in [-0.25, -0.2) is 13.2 Å². The summed E-state index contributed by atoms with van der Waals surface area (Å²) in [5, 5.41) is 11.1. The second-order valence-corrected chi connectivity index (χ2v) is 13.1. The van der Waals surface area contributed by atoms with Crippen molar-refractivity contribution in [2.24, 2.45) is 11.8 Å². The van der Waals surface area contributed by atoms with Gasteiger partial charge in [-0.15, -0.1) is 0 Å². The van der Waals surface area contributed by atoms with Crippen LogP contribution >= 0.6 is 0 Å². The molecule has 0 aromatic heterocycles. The van der Waals surface area contributed by atoms with Gasteiger partial charge in [-0.3, -0.25) is 15.0 Å². The first-order chi connectivity index (χ1) is 21.7. The summed E-state index contributed by atoms with van der Waals surface area (Å²) >= 11 is 0. The molecule has 45 heavy (non-hydrogen) atoms. The number of hydrogen-bond donors (Lipinski definition) is 0. The molecule has 0 radical (unpaired) electrons. The molecule has 2 unspecified atom stereocenters. The molecule has 11 nitrogen and oxygen atoms in total. The number of ether oxygens (including phenoxy) is 3. The molecule has 5 rings (SSSR count). The van der Waals surface area contributed by atoms with E-state index in [4.69, 9.17) is 14.2 Å².